The van der Waals surface area contributed by atoms with E-state index in [1.54, 1.807) is 0 Å². The van der Waals surface area contributed by atoms with E-state index in [2.05, 4.69) is 19.4 Å². The molecule has 1 heteroatoms. The minimum absolute atomic E-state index is 0.481. The first-order valence-electron chi connectivity index (χ1n) is 5.03. The van der Waals surface area contributed by atoms with Gasteiger partial charge in [0, 0.05) is 5.57 Å². The van der Waals surface area contributed by atoms with Crippen LogP contribution in [0.2, 0.25) is 0 Å². The van der Waals surface area contributed by atoms with E-state index in [1.165, 1.54) is 5.57 Å². The van der Waals surface area contributed by atoms with Crippen molar-refractivity contribution in [3.63, 3.8) is 0 Å². The molecule has 0 heterocycles. The standard InChI is InChI=1S/C12H18O/c1-9(2)4-7-12-10(3)5-6-11(12)8-13/h10,12H,1,4-7H2,2-3H3/t10-,12+/m1/s1. The molecule has 0 N–H and O–H groups in total. The Morgan fingerprint density at radius 3 is 2.92 bits per heavy atom. The maximum atomic E-state index is 10.6. The second-order valence-electron chi connectivity index (χ2n) is 4.25. The molecule has 0 aromatic rings. The van der Waals surface area contributed by atoms with Gasteiger partial charge in [-0.3, -0.25) is 0 Å². The number of hydrogen-bond donors (Lipinski definition) is 0. The average Bonchev–Trinajstić information content (AvgIpc) is 2.43. The molecule has 1 fully saturated rings. The van der Waals surface area contributed by atoms with Crippen LogP contribution in [-0.2, 0) is 4.79 Å². The van der Waals surface area contributed by atoms with Crippen LogP contribution in [0.15, 0.2) is 17.7 Å². The van der Waals surface area contributed by atoms with Gasteiger partial charge in [-0.05, 0) is 44.4 Å². The molecule has 1 aliphatic rings. The molecule has 0 amide bonds. The van der Waals surface area contributed by atoms with Gasteiger partial charge >= 0.3 is 0 Å². The first-order chi connectivity index (χ1) is 6.15. The van der Waals surface area contributed by atoms with Crippen molar-refractivity contribution in [2.45, 2.75) is 39.5 Å². The van der Waals surface area contributed by atoms with Crippen LogP contribution in [0.1, 0.15) is 39.5 Å². The van der Waals surface area contributed by atoms with Crippen molar-refractivity contribution < 1.29 is 4.79 Å². The van der Waals surface area contributed by atoms with E-state index in [4.69, 9.17) is 0 Å². The number of allylic oxidation sites excluding steroid dienone is 2. The summed E-state index contributed by atoms with van der Waals surface area (Å²) in [7, 11) is 0. The van der Waals surface area contributed by atoms with Gasteiger partial charge in [-0.1, -0.05) is 12.5 Å². The first-order valence-corrected chi connectivity index (χ1v) is 5.03. The fraction of sp³-hybridized carbons (Fsp3) is 0.667. The lowest BCUT2D eigenvalue weighted by molar-refractivity contribution is 0.431. The van der Waals surface area contributed by atoms with E-state index in [0.717, 1.165) is 31.3 Å². The maximum Gasteiger partial charge on any atom is 0.123 e. The Hall–Kier alpha value is -0.810. The smallest absolute Gasteiger partial charge is 0.123 e. The van der Waals surface area contributed by atoms with E-state index in [9.17, 15) is 4.79 Å². The van der Waals surface area contributed by atoms with E-state index < -0.39 is 0 Å². The lowest BCUT2D eigenvalue weighted by atomic mass is 9.90. The molecular formula is C12H18O. The van der Waals surface area contributed by atoms with Gasteiger partial charge in [0.2, 0.25) is 0 Å². The summed E-state index contributed by atoms with van der Waals surface area (Å²) in [6.45, 7) is 8.16. The largest absolute Gasteiger partial charge is 0.234 e. The second kappa shape index (κ2) is 4.43. The summed E-state index contributed by atoms with van der Waals surface area (Å²) in [4.78, 5) is 10.6. The Labute approximate surface area is 80.5 Å². The summed E-state index contributed by atoms with van der Waals surface area (Å²) < 4.78 is 0. The van der Waals surface area contributed by atoms with Gasteiger partial charge in [-0.15, -0.1) is 6.58 Å². The summed E-state index contributed by atoms with van der Waals surface area (Å²) in [5, 5.41) is 0. The van der Waals surface area contributed by atoms with Crippen molar-refractivity contribution in [2.75, 3.05) is 0 Å². The molecule has 0 saturated heterocycles. The van der Waals surface area contributed by atoms with Crippen LogP contribution in [0.5, 0.6) is 0 Å². The third kappa shape index (κ3) is 2.57. The molecule has 72 valence electrons. The van der Waals surface area contributed by atoms with Gasteiger partial charge in [-0.2, -0.15) is 0 Å². The Balaban J connectivity index is 2.55. The molecule has 0 bridgehead atoms. The Morgan fingerprint density at radius 1 is 1.69 bits per heavy atom. The zero-order valence-corrected chi connectivity index (χ0v) is 8.60. The quantitative estimate of drug-likeness (QED) is 0.479. The number of carbonyl (C=O) groups excluding carboxylic acids is 1. The molecule has 0 aliphatic heterocycles. The molecule has 0 radical (unpaired) electrons. The van der Waals surface area contributed by atoms with Gasteiger partial charge in [0.25, 0.3) is 0 Å². The first kappa shape index (κ1) is 10.3. The molecule has 0 spiro atoms. The monoisotopic (exact) mass is 178 g/mol. The predicted octanol–water partition coefficient (Wildman–Crippen LogP) is 3.15. The van der Waals surface area contributed by atoms with E-state index >= 15 is 0 Å². The Morgan fingerprint density at radius 2 is 2.38 bits per heavy atom. The van der Waals surface area contributed by atoms with Crippen molar-refractivity contribution in [2.24, 2.45) is 11.8 Å². The van der Waals surface area contributed by atoms with Gasteiger partial charge in [0.1, 0.15) is 5.94 Å². The summed E-state index contributed by atoms with van der Waals surface area (Å²) in [5.74, 6) is 3.25. The Bertz CT molecular complexity index is 246. The van der Waals surface area contributed by atoms with Crippen LogP contribution in [0.25, 0.3) is 0 Å². The van der Waals surface area contributed by atoms with Crippen LogP contribution in [-0.4, -0.2) is 5.94 Å². The highest BCUT2D eigenvalue weighted by Gasteiger charge is 2.28. The van der Waals surface area contributed by atoms with Gasteiger partial charge in [0.05, 0.1) is 0 Å². The van der Waals surface area contributed by atoms with Crippen LogP contribution >= 0.6 is 0 Å². The number of rotatable bonds is 3. The second-order valence-corrected chi connectivity index (χ2v) is 4.25. The number of hydrogen-bond acceptors (Lipinski definition) is 1. The average molecular weight is 178 g/mol. The van der Waals surface area contributed by atoms with Crippen molar-refractivity contribution in [3.8, 4) is 0 Å². The summed E-state index contributed by atoms with van der Waals surface area (Å²) >= 11 is 0. The molecule has 13 heavy (non-hydrogen) atoms. The van der Waals surface area contributed by atoms with E-state index in [-0.39, 0.29) is 0 Å². The summed E-state index contributed by atoms with van der Waals surface area (Å²) in [5.41, 5.74) is 2.22. The van der Waals surface area contributed by atoms with Gasteiger partial charge in [0.15, 0.2) is 0 Å². The molecule has 1 rings (SSSR count). The van der Waals surface area contributed by atoms with Crippen LogP contribution < -0.4 is 0 Å². The maximum absolute atomic E-state index is 10.6. The van der Waals surface area contributed by atoms with Crippen LogP contribution in [0, 0.1) is 11.8 Å². The predicted molar refractivity (Wildman–Crippen MR) is 55.1 cm³/mol. The fourth-order valence-electron chi connectivity index (χ4n) is 2.10. The van der Waals surface area contributed by atoms with E-state index in [1.807, 2.05) is 6.92 Å². The SMILES string of the molecule is C=C(C)CC[C@@H]1C(=C=O)CC[C@H]1C. The van der Waals surface area contributed by atoms with Crippen LogP contribution in [0.4, 0.5) is 0 Å². The van der Waals surface area contributed by atoms with E-state index in [0.29, 0.717) is 11.8 Å². The molecule has 0 aromatic heterocycles. The van der Waals surface area contributed by atoms with Gasteiger partial charge < -0.3 is 0 Å². The highest BCUT2D eigenvalue weighted by molar-refractivity contribution is 5.54. The molecule has 1 saturated carbocycles. The van der Waals surface area contributed by atoms with Crippen molar-refractivity contribution in [1.82, 2.24) is 0 Å². The summed E-state index contributed by atoms with van der Waals surface area (Å²) in [6, 6.07) is 0. The van der Waals surface area contributed by atoms with Crippen molar-refractivity contribution in [1.29, 1.82) is 0 Å². The molecule has 0 unspecified atom stereocenters. The zero-order chi connectivity index (χ0) is 9.84. The minimum Gasteiger partial charge on any atom is -0.234 e. The normalized spacial score (nSPS) is 27.4. The lowest BCUT2D eigenvalue weighted by Gasteiger charge is -2.14. The molecular weight excluding hydrogens is 160 g/mol. The third-order valence-electron chi connectivity index (χ3n) is 3.02. The Kier molecular flexibility index (Phi) is 3.50. The zero-order valence-electron chi connectivity index (χ0n) is 8.60. The van der Waals surface area contributed by atoms with Crippen molar-refractivity contribution >= 4 is 5.94 Å². The lowest BCUT2D eigenvalue weighted by Crippen LogP contribution is -2.06. The molecule has 2 atom stereocenters. The summed E-state index contributed by atoms with van der Waals surface area (Å²) in [6.07, 6.45) is 4.25. The van der Waals surface area contributed by atoms with Gasteiger partial charge in [-0.25, -0.2) is 4.79 Å². The molecule has 1 aliphatic carbocycles. The molecule has 1 nitrogen and oxygen atoms in total. The highest BCUT2D eigenvalue weighted by atomic mass is 16.1. The fourth-order valence-corrected chi connectivity index (χ4v) is 2.10. The topological polar surface area (TPSA) is 17.1 Å². The minimum atomic E-state index is 0.481. The highest BCUT2D eigenvalue weighted by Crippen LogP contribution is 2.38. The molecule has 0 aromatic carbocycles. The van der Waals surface area contributed by atoms with Crippen LogP contribution in [0.3, 0.4) is 0 Å². The van der Waals surface area contributed by atoms with Crippen molar-refractivity contribution in [3.05, 3.63) is 17.7 Å². The third-order valence-corrected chi connectivity index (χ3v) is 3.02.